The largest absolute Gasteiger partial charge is 0.477 e. The first-order chi connectivity index (χ1) is 7.59. The van der Waals surface area contributed by atoms with Gasteiger partial charge in [-0.3, -0.25) is 10.1 Å². The fourth-order valence-electron chi connectivity index (χ4n) is 1.40. The predicted molar refractivity (Wildman–Crippen MR) is 55.4 cm³/mol. The first kappa shape index (κ1) is 10.0. The lowest BCUT2D eigenvalue weighted by Gasteiger charge is -1.99. The third-order valence-corrected chi connectivity index (χ3v) is 2.11. The maximum Gasteiger partial charge on any atom is 0.354 e. The van der Waals surface area contributed by atoms with Crippen molar-refractivity contribution in [3.63, 3.8) is 0 Å². The van der Waals surface area contributed by atoms with E-state index in [0.717, 1.165) is 0 Å². The number of nitro benzene ring substituents is 1. The summed E-state index contributed by atoms with van der Waals surface area (Å²) in [5.74, 6) is -1.21. The van der Waals surface area contributed by atoms with Crippen LogP contribution in [0, 0.1) is 10.1 Å². The van der Waals surface area contributed by atoms with Crippen molar-refractivity contribution in [3.05, 3.63) is 46.1 Å². The summed E-state index contributed by atoms with van der Waals surface area (Å²) in [7, 11) is 0. The fraction of sp³-hybridized carbons (Fsp3) is 0. The Labute approximate surface area is 89.3 Å². The van der Waals surface area contributed by atoms with Gasteiger partial charge in [0.15, 0.2) is 0 Å². The number of aromatic nitrogens is 1. The Kier molecular flexibility index (Phi) is 2.24. The summed E-state index contributed by atoms with van der Waals surface area (Å²) in [6, 6.07) is 7.28. The summed E-state index contributed by atoms with van der Waals surface area (Å²) in [4.78, 5) is 24.6. The number of fused-ring (bicyclic) bond motifs is 1. The van der Waals surface area contributed by atoms with Crippen LogP contribution in [0.5, 0.6) is 0 Å². The lowest BCUT2D eigenvalue weighted by molar-refractivity contribution is -0.383. The van der Waals surface area contributed by atoms with Crippen LogP contribution in [-0.4, -0.2) is 21.0 Å². The second kappa shape index (κ2) is 3.58. The summed E-state index contributed by atoms with van der Waals surface area (Å²) in [6.07, 6.45) is 0. The van der Waals surface area contributed by atoms with Crippen LogP contribution >= 0.6 is 0 Å². The number of aromatic carboxylic acids is 1. The van der Waals surface area contributed by atoms with Crippen molar-refractivity contribution in [3.8, 4) is 0 Å². The number of rotatable bonds is 2. The maximum absolute atomic E-state index is 10.7. The van der Waals surface area contributed by atoms with Crippen LogP contribution in [0.4, 0.5) is 5.69 Å². The van der Waals surface area contributed by atoms with Crippen LogP contribution in [0.25, 0.3) is 10.9 Å². The van der Waals surface area contributed by atoms with E-state index in [0.29, 0.717) is 5.39 Å². The smallest absolute Gasteiger partial charge is 0.354 e. The molecule has 6 heteroatoms. The average Bonchev–Trinajstić information content (AvgIpc) is 2.27. The molecule has 0 radical (unpaired) electrons. The Hall–Kier alpha value is -2.50. The molecule has 0 saturated carbocycles. The highest BCUT2D eigenvalue weighted by atomic mass is 16.6. The third-order valence-electron chi connectivity index (χ3n) is 2.11. The molecule has 0 unspecified atom stereocenters. The van der Waals surface area contributed by atoms with Gasteiger partial charge >= 0.3 is 5.97 Å². The number of carboxylic acids is 1. The molecule has 0 aliphatic carbocycles. The molecule has 0 saturated heterocycles. The molecule has 0 aliphatic heterocycles. The third kappa shape index (κ3) is 1.56. The van der Waals surface area contributed by atoms with Crippen molar-refractivity contribution >= 4 is 22.6 Å². The van der Waals surface area contributed by atoms with E-state index >= 15 is 0 Å². The second-order valence-electron chi connectivity index (χ2n) is 3.11. The summed E-state index contributed by atoms with van der Waals surface area (Å²) >= 11 is 0. The number of carboxylic acid groups (broad SMARTS) is 1. The number of nitro groups is 1. The zero-order valence-electron chi connectivity index (χ0n) is 7.95. The minimum atomic E-state index is -1.21. The molecule has 1 N–H and O–H groups in total. The monoisotopic (exact) mass is 218 g/mol. The molecule has 0 spiro atoms. The van der Waals surface area contributed by atoms with Gasteiger partial charge in [0.05, 0.1) is 4.92 Å². The normalized spacial score (nSPS) is 10.2. The molecule has 0 bridgehead atoms. The van der Waals surface area contributed by atoms with E-state index in [4.69, 9.17) is 5.11 Å². The molecule has 0 atom stereocenters. The van der Waals surface area contributed by atoms with Crippen molar-refractivity contribution in [1.29, 1.82) is 0 Å². The highest BCUT2D eigenvalue weighted by molar-refractivity contribution is 5.92. The van der Waals surface area contributed by atoms with Gasteiger partial charge in [0.2, 0.25) is 0 Å². The Balaban J connectivity index is 2.78. The zero-order chi connectivity index (χ0) is 11.7. The van der Waals surface area contributed by atoms with Gasteiger partial charge in [0.1, 0.15) is 11.2 Å². The van der Waals surface area contributed by atoms with E-state index in [-0.39, 0.29) is 16.9 Å². The first-order valence-corrected chi connectivity index (χ1v) is 4.37. The van der Waals surface area contributed by atoms with Crippen LogP contribution in [0.3, 0.4) is 0 Å². The molecule has 6 nitrogen and oxygen atoms in total. The maximum atomic E-state index is 10.7. The Morgan fingerprint density at radius 3 is 2.69 bits per heavy atom. The number of carbonyl (C=O) groups is 1. The number of benzene rings is 1. The van der Waals surface area contributed by atoms with E-state index in [1.807, 2.05) is 0 Å². The summed E-state index contributed by atoms with van der Waals surface area (Å²) < 4.78 is 0. The van der Waals surface area contributed by atoms with Gasteiger partial charge in [-0.2, -0.15) is 0 Å². The molecule has 2 aromatic rings. The quantitative estimate of drug-likeness (QED) is 0.613. The number of para-hydroxylation sites is 1. The van der Waals surface area contributed by atoms with Crippen molar-refractivity contribution in [1.82, 2.24) is 4.98 Å². The molecule has 2 rings (SSSR count). The van der Waals surface area contributed by atoms with Gasteiger partial charge in [-0.25, -0.2) is 9.78 Å². The summed E-state index contributed by atoms with van der Waals surface area (Å²) in [6.45, 7) is 0. The van der Waals surface area contributed by atoms with E-state index < -0.39 is 10.9 Å². The molecule has 0 fully saturated rings. The topological polar surface area (TPSA) is 93.3 Å². The second-order valence-corrected chi connectivity index (χ2v) is 3.11. The predicted octanol–water partition coefficient (Wildman–Crippen LogP) is 1.84. The Morgan fingerprint density at radius 1 is 1.31 bits per heavy atom. The van der Waals surface area contributed by atoms with Crippen LogP contribution in [-0.2, 0) is 0 Å². The van der Waals surface area contributed by atoms with Crippen molar-refractivity contribution < 1.29 is 14.8 Å². The van der Waals surface area contributed by atoms with Gasteiger partial charge in [-0.1, -0.05) is 18.2 Å². The van der Waals surface area contributed by atoms with Gasteiger partial charge < -0.3 is 5.11 Å². The summed E-state index contributed by atoms with van der Waals surface area (Å²) in [5, 5.41) is 20.0. The van der Waals surface area contributed by atoms with Crippen molar-refractivity contribution in [2.45, 2.75) is 0 Å². The highest BCUT2D eigenvalue weighted by Gasteiger charge is 2.14. The molecular formula is C10H6N2O4. The minimum Gasteiger partial charge on any atom is -0.477 e. The van der Waals surface area contributed by atoms with E-state index in [1.165, 1.54) is 24.3 Å². The van der Waals surface area contributed by atoms with Gasteiger partial charge in [0, 0.05) is 11.5 Å². The molecule has 1 aromatic heterocycles. The van der Waals surface area contributed by atoms with Crippen LogP contribution in [0.15, 0.2) is 30.3 Å². The van der Waals surface area contributed by atoms with Crippen LogP contribution in [0.1, 0.15) is 10.5 Å². The van der Waals surface area contributed by atoms with Crippen LogP contribution < -0.4 is 0 Å². The fourth-order valence-corrected chi connectivity index (χ4v) is 1.40. The average molecular weight is 218 g/mol. The lowest BCUT2D eigenvalue weighted by Crippen LogP contribution is -2.01. The number of non-ortho nitro benzene ring substituents is 1. The molecule has 16 heavy (non-hydrogen) atoms. The Morgan fingerprint density at radius 2 is 2.06 bits per heavy atom. The number of hydrogen-bond donors (Lipinski definition) is 1. The summed E-state index contributed by atoms with van der Waals surface area (Å²) in [5.41, 5.74) is -0.310. The standard InChI is InChI=1S/C10H6N2O4/c13-10(14)7-5-4-6-2-1-3-8(12(15)16)9(6)11-7/h1-5H,(H,13,14). The van der Waals surface area contributed by atoms with E-state index in [1.54, 1.807) is 6.07 Å². The van der Waals surface area contributed by atoms with Crippen molar-refractivity contribution in [2.24, 2.45) is 0 Å². The molecule has 1 aromatic carbocycles. The molecule has 0 aliphatic rings. The van der Waals surface area contributed by atoms with Gasteiger partial charge in [-0.05, 0) is 6.07 Å². The first-order valence-electron chi connectivity index (χ1n) is 4.37. The minimum absolute atomic E-state index is 0.0902. The lowest BCUT2D eigenvalue weighted by atomic mass is 10.2. The van der Waals surface area contributed by atoms with E-state index in [2.05, 4.69) is 4.98 Å². The molecule has 80 valence electrons. The number of pyridine rings is 1. The van der Waals surface area contributed by atoms with E-state index in [9.17, 15) is 14.9 Å². The number of nitrogens with zero attached hydrogens (tertiary/aromatic N) is 2. The SMILES string of the molecule is O=C(O)c1ccc2cccc([N+](=O)[O-])c2n1. The highest BCUT2D eigenvalue weighted by Crippen LogP contribution is 2.23. The van der Waals surface area contributed by atoms with Crippen molar-refractivity contribution in [2.75, 3.05) is 0 Å². The molecular weight excluding hydrogens is 212 g/mol. The van der Waals surface area contributed by atoms with Gasteiger partial charge in [0.25, 0.3) is 5.69 Å². The Bertz CT molecular complexity index is 594. The number of hydrogen-bond acceptors (Lipinski definition) is 4. The molecule has 1 heterocycles. The zero-order valence-corrected chi connectivity index (χ0v) is 7.95. The van der Waals surface area contributed by atoms with Gasteiger partial charge in [-0.15, -0.1) is 0 Å². The van der Waals surface area contributed by atoms with Crippen LogP contribution in [0.2, 0.25) is 0 Å². The molecule has 0 amide bonds.